The molecule has 1 amide bonds. The van der Waals surface area contributed by atoms with Gasteiger partial charge in [0.25, 0.3) is 5.91 Å². The molecule has 3 nitrogen and oxygen atoms in total. The summed E-state index contributed by atoms with van der Waals surface area (Å²) in [7, 11) is 0. The molecule has 19 heavy (non-hydrogen) atoms. The predicted molar refractivity (Wildman–Crippen MR) is 76.3 cm³/mol. The van der Waals surface area contributed by atoms with Crippen LogP contribution in [0.2, 0.25) is 10.0 Å². The second-order valence-corrected chi connectivity index (χ2v) is 5.26. The van der Waals surface area contributed by atoms with Crippen molar-refractivity contribution in [1.82, 2.24) is 4.98 Å². The third-order valence-corrected chi connectivity index (χ3v) is 3.37. The van der Waals surface area contributed by atoms with Gasteiger partial charge < -0.3 is 5.32 Å². The smallest absolute Gasteiger partial charge is 0.258 e. The minimum atomic E-state index is -0.455. The maximum atomic E-state index is 12.9. The molecule has 1 aromatic carbocycles. The molecule has 0 saturated carbocycles. The zero-order chi connectivity index (χ0) is 14.0. The van der Waals surface area contributed by atoms with Crippen LogP contribution in [0.3, 0.4) is 0 Å². The average molecular weight is 364 g/mol. The van der Waals surface area contributed by atoms with E-state index in [4.69, 9.17) is 23.2 Å². The van der Waals surface area contributed by atoms with Crippen molar-refractivity contribution >= 4 is 50.9 Å². The number of nitrogens with zero attached hydrogens (tertiary/aromatic N) is 1. The van der Waals surface area contributed by atoms with Gasteiger partial charge in [-0.3, -0.25) is 4.79 Å². The summed E-state index contributed by atoms with van der Waals surface area (Å²) in [6.45, 7) is 0. The van der Waals surface area contributed by atoms with Crippen LogP contribution in [0.1, 0.15) is 10.4 Å². The van der Waals surface area contributed by atoms with Crippen LogP contribution in [0, 0.1) is 5.82 Å². The van der Waals surface area contributed by atoms with E-state index >= 15 is 0 Å². The Hall–Kier alpha value is -1.17. The summed E-state index contributed by atoms with van der Waals surface area (Å²) in [5.41, 5.74) is 0.272. The lowest BCUT2D eigenvalue weighted by atomic mass is 10.2. The zero-order valence-corrected chi connectivity index (χ0v) is 12.4. The minimum absolute atomic E-state index is 0.187. The van der Waals surface area contributed by atoms with Crippen LogP contribution in [0.25, 0.3) is 0 Å². The summed E-state index contributed by atoms with van der Waals surface area (Å²) in [4.78, 5) is 15.9. The van der Waals surface area contributed by atoms with Gasteiger partial charge in [0.15, 0.2) is 5.82 Å². The quantitative estimate of drug-likeness (QED) is 0.850. The van der Waals surface area contributed by atoms with Crippen LogP contribution in [0.15, 0.2) is 34.9 Å². The Bertz CT molecular complexity index is 652. The van der Waals surface area contributed by atoms with Gasteiger partial charge in [0.2, 0.25) is 0 Å². The molecule has 0 bridgehead atoms. The SMILES string of the molecule is O=C(Nc1ncc(Cl)cc1Cl)c1ccc(F)cc1Br. The number of nitrogens with one attached hydrogen (secondary N) is 1. The predicted octanol–water partition coefficient (Wildman–Crippen LogP) is 4.54. The highest BCUT2D eigenvalue weighted by atomic mass is 79.9. The van der Waals surface area contributed by atoms with Gasteiger partial charge in [0, 0.05) is 10.7 Å². The van der Waals surface area contributed by atoms with Crippen LogP contribution in [-0.2, 0) is 0 Å². The first kappa shape index (κ1) is 14.2. The van der Waals surface area contributed by atoms with Crippen LogP contribution >= 0.6 is 39.1 Å². The maximum Gasteiger partial charge on any atom is 0.258 e. The van der Waals surface area contributed by atoms with Gasteiger partial charge in [0.05, 0.1) is 15.6 Å². The molecule has 1 heterocycles. The van der Waals surface area contributed by atoms with Gasteiger partial charge in [-0.05, 0) is 40.2 Å². The highest BCUT2D eigenvalue weighted by molar-refractivity contribution is 9.10. The largest absolute Gasteiger partial charge is 0.305 e. The third kappa shape index (κ3) is 3.43. The summed E-state index contributed by atoms with van der Waals surface area (Å²) < 4.78 is 13.3. The molecule has 0 aliphatic rings. The Labute approximate surface area is 126 Å². The number of carbonyl (C=O) groups excluding carboxylic acids is 1. The number of anilines is 1. The van der Waals surface area contributed by atoms with E-state index in [1.807, 2.05) is 0 Å². The second-order valence-electron chi connectivity index (χ2n) is 3.56. The molecule has 98 valence electrons. The van der Waals surface area contributed by atoms with Crippen molar-refractivity contribution in [3.05, 3.63) is 56.4 Å². The standard InChI is InChI=1S/C12H6BrCl2FN2O/c13-9-4-7(16)1-2-8(9)12(19)18-11-10(15)3-6(14)5-17-11/h1-5H,(H,17,18,19). The molecule has 0 aliphatic heterocycles. The van der Waals surface area contributed by atoms with Crippen molar-refractivity contribution in [1.29, 1.82) is 0 Å². The highest BCUT2D eigenvalue weighted by Crippen LogP contribution is 2.24. The van der Waals surface area contributed by atoms with Crippen molar-refractivity contribution in [2.75, 3.05) is 5.32 Å². The first-order chi connectivity index (χ1) is 8.97. The van der Waals surface area contributed by atoms with Crippen molar-refractivity contribution in [3.8, 4) is 0 Å². The number of carbonyl (C=O) groups is 1. The van der Waals surface area contributed by atoms with Crippen molar-refractivity contribution in [2.45, 2.75) is 0 Å². The molecule has 1 N–H and O–H groups in total. The molecular formula is C12H6BrCl2FN2O. The molecule has 2 aromatic rings. The van der Waals surface area contributed by atoms with E-state index in [0.717, 1.165) is 0 Å². The molecular weight excluding hydrogens is 358 g/mol. The van der Waals surface area contributed by atoms with Crippen molar-refractivity contribution in [3.63, 3.8) is 0 Å². The van der Waals surface area contributed by atoms with E-state index in [1.54, 1.807) is 0 Å². The fourth-order valence-corrected chi connectivity index (χ4v) is 2.31. The molecule has 0 aliphatic carbocycles. The fourth-order valence-electron chi connectivity index (χ4n) is 1.36. The number of pyridine rings is 1. The lowest BCUT2D eigenvalue weighted by molar-refractivity contribution is 0.102. The third-order valence-electron chi connectivity index (χ3n) is 2.22. The normalized spacial score (nSPS) is 10.3. The first-order valence-corrected chi connectivity index (χ1v) is 6.59. The summed E-state index contributed by atoms with van der Waals surface area (Å²) in [6.07, 6.45) is 1.36. The summed E-state index contributed by atoms with van der Waals surface area (Å²) in [5, 5.41) is 3.11. The van der Waals surface area contributed by atoms with E-state index in [9.17, 15) is 9.18 Å². The van der Waals surface area contributed by atoms with E-state index in [2.05, 4.69) is 26.2 Å². The van der Waals surface area contributed by atoms with Crippen molar-refractivity contribution < 1.29 is 9.18 Å². The number of benzene rings is 1. The summed E-state index contributed by atoms with van der Waals surface area (Å²) in [6, 6.07) is 5.21. The Morgan fingerprint density at radius 2 is 2.05 bits per heavy atom. The van der Waals surface area contributed by atoms with Crippen LogP contribution in [0.4, 0.5) is 10.2 Å². The highest BCUT2D eigenvalue weighted by Gasteiger charge is 2.13. The van der Waals surface area contributed by atoms with Crippen LogP contribution in [0.5, 0.6) is 0 Å². The Kier molecular flexibility index (Phi) is 4.39. The topological polar surface area (TPSA) is 42.0 Å². The summed E-state index contributed by atoms with van der Waals surface area (Å²) in [5.74, 6) is -0.707. The number of aromatic nitrogens is 1. The lowest BCUT2D eigenvalue weighted by Gasteiger charge is -2.07. The molecule has 1 aromatic heterocycles. The van der Waals surface area contributed by atoms with Gasteiger partial charge >= 0.3 is 0 Å². The molecule has 0 radical (unpaired) electrons. The number of hydrogen-bond donors (Lipinski definition) is 1. The average Bonchev–Trinajstić information content (AvgIpc) is 2.32. The van der Waals surface area contributed by atoms with Gasteiger partial charge in [-0.1, -0.05) is 23.2 Å². The lowest BCUT2D eigenvalue weighted by Crippen LogP contribution is -2.14. The van der Waals surface area contributed by atoms with Gasteiger partial charge in [0.1, 0.15) is 5.82 Å². The molecule has 0 saturated heterocycles. The zero-order valence-electron chi connectivity index (χ0n) is 9.25. The molecule has 0 unspecified atom stereocenters. The van der Waals surface area contributed by atoms with E-state index < -0.39 is 11.7 Å². The molecule has 7 heteroatoms. The monoisotopic (exact) mass is 362 g/mol. The number of rotatable bonds is 2. The Balaban J connectivity index is 2.25. The number of halogens is 4. The van der Waals surface area contributed by atoms with E-state index in [0.29, 0.717) is 9.50 Å². The van der Waals surface area contributed by atoms with Crippen molar-refractivity contribution in [2.24, 2.45) is 0 Å². The Morgan fingerprint density at radius 3 is 2.68 bits per heavy atom. The van der Waals surface area contributed by atoms with E-state index in [-0.39, 0.29) is 16.4 Å². The summed E-state index contributed by atoms with van der Waals surface area (Å²) >= 11 is 14.7. The minimum Gasteiger partial charge on any atom is -0.305 e. The number of amides is 1. The van der Waals surface area contributed by atoms with Gasteiger partial charge in [-0.25, -0.2) is 9.37 Å². The fraction of sp³-hybridized carbons (Fsp3) is 0. The maximum absolute atomic E-state index is 12.9. The van der Waals surface area contributed by atoms with Gasteiger partial charge in [-0.15, -0.1) is 0 Å². The molecule has 0 spiro atoms. The molecule has 0 atom stereocenters. The second kappa shape index (κ2) is 5.86. The number of hydrogen-bond acceptors (Lipinski definition) is 2. The Morgan fingerprint density at radius 1 is 1.32 bits per heavy atom. The van der Waals surface area contributed by atoms with Crippen LogP contribution in [-0.4, -0.2) is 10.9 Å². The first-order valence-electron chi connectivity index (χ1n) is 5.05. The molecule has 2 rings (SSSR count). The van der Waals surface area contributed by atoms with E-state index in [1.165, 1.54) is 30.5 Å². The van der Waals surface area contributed by atoms with Gasteiger partial charge in [-0.2, -0.15) is 0 Å². The van der Waals surface area contributed by atoms with Crippen LogP contribution < -0.4 is 5.32 Å². The molecule has 0 fully saturated rings.